The molecule has 0 bridgehead atoms. The average molecular weight is 247 g/mol. The third-order valence-corrected chi connectivity index (χ3v) is 3.77. The van der Waals surface area contributed by atoms with Crippen LogP contribution in [0.2, 0.25) is 0 Å². The second-order valence-electron chi connectivity index (χ2n) is 4.45. The molecule has 1 aliphatic heterocycles. The molecule has 0 radical (unpaired) electrons. The number of hydrogen-bond donors (Lipinski definition) is 1. The van der Waals surface area contributed by atoms with Crippen LogP contribution in [0.3, 0.4) is 0 Å². The van der Waals surface area contributed by atoms with Crippen LogP contribution in [0.25, 0.3) is 0 Å². The van der Waals surface area contributed by atoms with E-state index in [0.29, 0.717) is 23.5 Å². The largest absolute Gasteiger partial charge is 0.465 e. The maximum Gasteiger partial charge on any atom is 0.325 e. The third-order valence-electron chi connectivity index (χ3n) is 2.49. The number of thioether (sulfide) groups is 1. The van der Waals surface area contributed by atoms with E-state index in [1.54, 1.807) is 13.8 Å². The van der Waals surface area contributed by atoms with E-state index in [1.165, 1.54) is 0 Å². The topological polar surface area (TPSA) is 61.5 Å². The predicted octanol–water partition coefficient (Wildman–Crippen LogP) is 1.18. The summed E-state index contributed by atoms with van der Waals surface area (Å²) in [6, 6.07) is 0. The lowest BCUT2D eigenvalue weighted by Crippen LogP contribution is -2.48. The third kappa shape index (κ3) is 3.96. The highest BCUT2D eigenvalue weighted by atomic mass is 32.2. The second kappa shape index (κ2) is 5.89. The highest BCUT2D eigenvalue weighted by molar-refractivity contribution is 8.00. The van der Waals surface area contributed by atoms with Crippen molar-refractivity contribution in [1.82, 2.24) is 0 Å². The average Bonchev–Trinajstić information content (AvgIpc) is 2.11. The predicted molar refractivity (Wildman–Crippen MR) is 65.5 cm³/mol. The van der Waals surface area contributed by atoms with Crippen molar-refractivity contribution in [2.24, 2.45) is 5.73 Å². The first-order valence-electron chi connectivity index (χ1n) is 5.65. The van der Waals surface area contributed by atoms with Crippen LogP contribution in [0.5, 0.6) is 0 Å². The molecule has 1 heterocycles. The fraction of sp³-hybridized carbons (Fsp3) is 0.909. The van der Waals surface area contributed by atoms with E-state index >= 15 is 0 Å². The van der Waals surface area contributed by atoms with Gasteiger partial charge in [-0.05, 0) is 20.3 Å². The van der Waals surface area contributed by atoms with Crippen LogP contribution < -0.4 is 5.73 Å². The first kappa shape index (κ1) is 13.8. The van der Waals surface area contributed by atoms with Gasteiger partial charge >= 0.3 is 5.97 Å². The number of hydrogen-bond acceptors (Lipinski definition) is 5. The molecule has 1 saturated heterocycles. The smallest absolute Gasteiger partial charge is 0.325 e. The van der Waals surface area contributed by atoms with Crippen LogP contribution in [0.1, 0.15) is 27.2 Å². The molecular weight excluding hydrogens is 226 g/mol. The maximum atomic E-state index is 11.6. The SMILES string of the molecule is CCOC(=O)C(C)(N)CC(C)SC1COC1. The van der Waals surface area contributed by atoms with Gasteiger partial charge < -0.3 is 15.2 Å². The summed E-state index contributed by atoms with van der Waals surface area (Å²) in [5.74, 6) is -0.313. The number of esters is 1. The van der Waals surface area contributed by atoms with Crippen LogP contribution in [0, 0.1) is 0 Å². The lowest BCUT2D eigenvalue weighted by atomic mass is 9.98. The Morgan fingerprint density at radius 3 is 2.75 bits per heavy atom. The van der Waals surface area contributed by atoms with Gasteiger partial charge in [0.05, 0.1) is 25.1 Å². The molecule has 0 saturated carbocycles. The summed E-state index contributed by atoms with van der Waals surface area (Å²) in [5, 5.41) is 0.904. The Labute approximate surface area is 101 Å². The molecule has 1 aliphatic rings. The summed E-state index contributed by atoms with van der Waals surface area (Å²) in [6.07, 6.45) is 0.632. The zero-order chi connectivity index (χ0) is 12.2. The van der Waals surface area contributed by atoms with Crippen molar-refractivity contribution >= 4 is 17.7 Å². The number of ether oxygens (including phenoxy) is 2. The molecule has 0 spiro atoms. The van der Waals surface area contributed by atoms with E-state index in [9.17, 15) is 4.79 Å². The van der Waals surface area contributed by atoms with Crippen LogP contribution in [-0.2, 0) is 14.3 Å². The van der Waals surface area contributed by atoms with Crippen molar-refractivity contribution in [2.45, 2.75) is 43.2 Å². The van der Waals surface area contributed by atoms with Crippen molar-refractivity contribution in [3.05, 3.63) is 0 Å². The normalized spacial score (nSPS) is 22.0. The molecule has 0 aromatic rings. The van der Waals surface area contributed by atoms with Crippen LogP contribution in [-0.4, -0.2) is 41.8 Å². The minimum atomic E-state index is -0.882. The summed E-state index contributed by atoms with van der Waals surface area (Å²) >= 11 is 1.84. The molecular formula is C11H21NO3S. The Hall–Kier alpha value is -0.260. The van der Waals surface area contributed by atoms with Gasteiger partial charge in [0.15, 0.2) is 0 Å². The lowest BCUT2D eigenvalue weighted by molar-refractivity contribution is -0.149. The molecule has 2 N–H and O–H groups in total. The van der Waals surface area contributed by atoms with Gasteiger partial charge in [-0.15, -0.1) is 0 Å². The molecule has 2 unspecified atom stereocenters. The molecule has 2 atom stereocenters. The summed E-state index contributed by atoms with van der Waals surface area (Å²) in [5.41, 5.74) is 5.08. The van der Waals surface area contributed by atoms with Crippen molar-refractivity contribution in [2.75, 3.05) is 19.8 Å². The fourth-order valence-corrected chi connectivity index (χ4v) is 3.09. The fourth-order valence-electron chi connectivity index (χ4n) is 1.65. The van der Waals surface area contributed by atoms with Crippen LogP contribution in [0.15, 0.2) is 0 Å². The van der Waals surface area contributed by atoms with Gasteiger partial charge in [0.25, 0.3) is 0 Å². The summed E-state index contributed by atoms with van der Waals surface area (Å²) in [7, 11) is 0. The Kier molecular flexibility index (Phi) is 5.08. The van der Waals surface area contributed by atoms with Crippen LogP contribution >= 0.6 is 11.8 Å². The maximum absolute atomic E-state index is 11.6. The molecule has 5 heteroatoms. The lowest BCUT2D eigenvalue weighted by Gasteiger charge is -2.31. The first-order valence-corrected chi connectivity index (χ1v) is 6.59. The van der Waals surface area contributed by atoms with Gasteiger partial charge in [-0.3, -0.25) is 4.79 Å². The zero-order valence-electron chi connectivity index (χ0n) is 10.2. The quantitative estimate of drug-likeness (QED) is 0.714. The van der Waals surface area contributed by atoms with E-state index in [1.807, 2.05) is 11.8 Å². The standard InChI is InChI=1S/C11H21NO3S/c1-4-15-10(13)11(3,12)5-8(2)16-9-6-14-7-9/h8-9H,4-7,12H2,1-3H3. The Bertz CT molecular complexity index is 241. The molecule has 1 rings (SSSR count). The van der Waals surface area contributed by atoms with E-state index in [4.69, 9.17) is 15.2 Å². The molecule has 0 aromatic carbocycles. The summed E-state index contributed by atoms with van der Waals surface area (Å²) < 4.78 is 10.1. The number of rotatable bonds is 6. The molecule has 0 aliphatic carbocycles. The van der Waals surface area contributed by atoms with Gasteiger partial charge in [-0.2, -0.15) is 11.8 Å². The minimum Gasteiger partial charge on any atom is -0.465 e. The number of carbonyl (C=O) groups is 1. The van der Waals surface area contributed by atoms with E-state index in [0.717, 1.165) is 13.2 Å². The monoisotopic (exact) mass is 247 g/mol. The van der Waals surface area contributed by atoms with Gasteiger partial charge in [0.2, 0.25) is 0 Å². The molecule has 0 aromatic heterocycles. The van der Waals surface area contributed by atoms with Gasteiger partial charge in [0.1, 0.15) is 5.54 Å². The molecule has 94 valence electrons. The van der Waals surface area contributed by atoms with Gasteiger partial charge in [0, 0.05) is 5.25 Å². The van der Waals surface area contributed by atoms with Crippen molar-refractivity contribution < 1.29 is 14.3 Å². The van der Waals surface area contributed by atoms with Crippen molar-refractivity contribution in [1.29, 1.82) is 0 Å². The van der Waals surface area contributed by atoms with Crippen LogP contribution in [0.4, 0.5) is 0 Å². The zero-order valence-corrected chi connectivity index (χ0v) is 11.0. The molecule has 0 amide bonds. The summed E-state index contributed by atoms with van der Waals surface area (Å²) in [6.45, 7) is 7.62. The van der Waals surface area contributed by atoms with Crippen molar-refractivity contribution in [3.63, 3.8) is 0 Å². The molecule has 1 fully saturated rings. The van der Waals surface area contributed by atoms with E-state index in [-0.39, 0.29) is 5.97 Å². The number of carbonyl (C=O) groups excluding carboxylic acids is 1. The van der Waals surface area contributed by atoms with Gasteiger partial charge in [-0.25, -0.2) is 0 Å². The highest BCUT2D eigenvalue weighted by Crippen LogP contribution is 2.28. The summed E-state index contributed by atoms with van der Waals surface area (Å²) in [4.78, 5) is 11.6. The highest BCUT2D eigenvalue weighted by Gasteiger charge is 2.33. The Balaban J connectivity index is 2.34. The Morgan fingerprint density at radius 1 is 1.69 bits per heavy atom. The number of nitrogens with two attached hydrogens (primary N) is 1. The first-order chi connectivity index (χ1) is 7.45. The Morgan fingerprint density at radius 2 is 2.31 bits per heavy atom. The van der Waals surface area contributed by atoms with Crippen molar-refractivity contribution in [3.8, 4) is 0 Å². The van der Waals surface area contributed by atoms with Gasteiger partial charge in [-0.1, -0.05) is 6.92 Å². The second-order valence-corrected chi connectivity index (χ2v) is 6.19. The van der Waals surface area contributed by atoms with E-state index < -0.39 is 5.54 Å². The minimum absolute atomic E-state index is 0.313. The molecule has 16 heavy (non-hydrogen) atoms. The van der Waals surface area contributed by atoms with E-state index in [2.05, 4.69) is 6.92 Å². The molecule has 4 nitrogen and oxygen atoms in total.